The average molecular weight is 231 g/mol. The van der Waals surface area contributed by atoms with E-state index < -0.39 is 31.0 Å². The van der Waals surface area contributed by atoms with Crippen molar-refractivity contribution in [3.63, 3.8) is 0 Å². The molecule has 4 atom stereocenters. The molecule has 0 fully saturated rings. The Labute approximate surface area is 93.6 Å². The highest BCUT2D eigenvalue weighted by Crippen LogP contribution is 2.10. The maximum absolute atomic E-state index is 9.64. The van der Waals surface area contributed by atoms with Crippen molar-refractivity contribution >= 4 is 0 Å². The van der Waals surface area contributed by atoms with Gasteiger partial charge < -0.3 is 20.1 Å². The molecule has 0 amide bonds. The number of aliphatic hydroxyl groups is 3. The van der Waals surface area contributed by atoms with Crippen molar-refractivity contribution in [3.05, 3.63) is 23.1 Å². The predicted molar refractivity (Wildman–Crippen MR) is 57.6 cm³/mol. The van der Waals surface area contributed by atoms with Crippen molar-refractivity contribution in [3.8, 4) is 0 Å². The van der Waals surface area contributed by atoms with Crippen molar-refractivity contribution in [2.24, 2.45) is 5.11 Å². The Morgan fingerprint density at radius 2 is 2.12 bits per heavy atom. The van der Waals surface area contributed by atoms with E-state index in [0.717, 1.165) is 0 Å². The molecule has 92 valence electrons. The zero-order valence-corrected chi connectivity index (χ0v) is 9.10. The largest absolute Gasteiger partial charge is 0.396 e. The molecule has 7 nitrogen and oxygen atoms in total. The lowest BCUT2D eigenvalue weighted by molar-refractivity contribution is -0.0866. The minimum atomic E-state index is -1.37. The minimum Gasteiger partial charge on any atom is -0.396 e. The smallest absolute Gasteiger partial charge is 0.106 e. The number of hydrogen-bond acceptors (Lipinski definition) is 5. The monoisotopic (exact) mass is 231 g/mol. The van der Waals surface area contributed by atoms with Crippen LogP contribution >= 0.6 is 0 Å². The quantitative estimate of drug-likeness (QED) is 0.235. The van der Waals surface area contributed by atoms with Crippen LogP contribution in [-0.4, -0.2) is 52.9 Å². The van der Waals surface area contributed by atoms with E-state index in [-0.39, 0.29) is 6.61 Å². The van der Waals surface area contributed by atoms with Gasteiger partial charge in [0.2, 0.25) is 0 Å². The van der Waals surface area contributed by atoms with Crippen LogP contribution in [0.15, 0.2) is 17.8 Å². The van der Waals surface area contributed by atoms with Gasteiger partial charge in [0.25, 0.3) is 0 Å². The topological polar surface area (TPSA) is 119 Å². The molecule has 16 heavy (non-hydrogen) atoms. The number of ether oxygens (including phenoxy) is 1. The molecule has 3 N–H and O–H groups in total. The first-order valence-electron chi connectivity index (χ1n) is 4.82. The molecule has 0 aliphatic carbocycles. The summed E-state index contributed by atoms with van der Waals surface area (Å²) < 4.78 is 5.10. The Hall–Kier alpha value is -1.11. The third-order valence-corrected chi connectivity index (χ3v) is 2.09. The van der Waals surface area contributed by atoms with Gasteiger partial charge in [-0.3, -0.25) is 0 Å². The summed E-state index contributed by atoms with van der Waals surface area (Å²) in [6, 6.07) is -1.09. The summed E-state index contributed by atoms with van der Waals surface area (Å²) in [7, 11) is 0. The van der Waals surface area contributed by atoms with E-state index in [2.05, 4.69) is 16.6 Å². The van der Waals surface area contributed by atoms with Gasteiger partial charge in [0.15, 0.2) is 0 Å². The number of aliphatic hydroxyl groups excluding tert-OH is 3. The standard InChI is InChI=1S/C9H17N3O4/c1-3-4-16-6(2)8(14)9(15)7(5-13)11-12-10/h3,6-9,13-15H,1,4-5H2,2H3/t6-,7+,8-,9?/m1/s1. The lowest BCUT2D eigenvalue weighted by atomic mass is 10.0. The van der Waals surface area contributed by atoms with Gasteiger partial charge in [-0.15, -0.1) is 6.58 Å². The highest BCUT2D eigenvalue weighted by atomic mass is 16.5. The van der Waals surface area contributed by atoms with Gasteiger partial charge in [-0.2, -0.15) is 0 Å². The normalized spacial score (nSPS) is 18.0. The minimum absolute atomic E-state index is 0.232. The summed E-state index contributed by atoms with van der Waals surface area (Å²) in [6.07, 6.45) is -1.77. The molecular formula is C9H17N3O4. The summed E-state index contributed by atoms with van der Waals surface area (Å²) in [5.74, 6) is 0. The summed E-state index contributed by atoms with van der Waals surface area (Å²) >= 11 is 0. The fourth-order valence-corrected chi connectivity index (χ4v) is 1.10. The fraction of sp³-hybridized carbons (Fsp3) is 0.778. The molecule has 0 radical (unpaired) electrons. The molecule has 0 aromatic rings. The molecule has 7 heteroatoms. The van der Waals surface area contributed by atoms with Crippen molar-refractivity contribution < 1.29 is 20.1 Å². The van der Waals surface area contributed by atoms with Gasteiger partial charge in [-0.25, -0.2) is 0 Å². The van der Waals surface area contributed by atoms with Crippen LogP contribution in [0.2, 0.25) is 0 Å². The Kier molecular flexibility index (Phi) is 7.53. The second-order valence-electron chi connectivity index (χ2n) is 3.26. The summed E-state index contributed by atoms with van der Waals surface area (Å²) in [5, 5.41) is 31.2. The highest BCUT2D eigenvalue weighted by Gasteiger charge is 2.29. The molecule has 0 bridgehead atoms. The average Bonchev–Trinajstić information content (AvgIpc) is 2.31. The van der Waals surface area contributed by atoms with Crippen molar-refractivity contribution in [1.82, 2.24) is 0 Å². The van der Waals surface area contributed by atoms with Crippen LogP contribution in [0.4, 0.5) is 0 Å². The lowest BCUT2D eigenvalue weighted by Gasteiger charge is -2.26. The van der Waals surface area contributed by atoms with Gasteiger partial charge in [-0.1, -0.05) is 11.2 Å². The van der Waals surface area contributed by atoms with Crippen molar-refractivity contribution in [1.29, 1.82) is 0 Å². The molecule has 0 aliphatic heterocycles. The van der Waals surface area contributed by atoms with E-state index in [1.54, 1.807) is 6.92 Å². The van der Waals surface area contributed by atoms with Crippen LogP contribution in [0, 0.1) is 0 Å². The van der Waals surface area contributed by atoms with Crippen molar-refractivity contribution in [2.75, 3.05) is 13.2 Å². The first-order valence-corrected chi connectivity index (χ1v) is 4.82. The number of rotatable bonds is 8. The number of azide groups is 1. The summed E-state index contributed by atoms with van der Waals surface area (Å²) in [4.78, 5) is 2.47. The van der Waals surface area contributed by atoms with Crippen LogP contribution in [0.1, 0.15) is 6.92 Å². The Morgan fingerprint density at radius 3 is 2.56 bits per heavy atom. The third kappa shape index (κ3) is 4.61. The molecule has 0 saturated heterocycles. The molecule has 0 aliphatic rings. The molecule has 0 spiro atoms. The first kappa shape index (κ1) is 14.9. The maximum Gasteiger partial charge on any atom is 0.106 e. The number of nitrogens with zero attached hydrogens (tertiary/aromatic N) is 3. The zero-order chi connectivity index (χ0) is 12.6. The van der Waals surface area contributed by atoms with E-state index in [1.807, 2.05) is 0 Å². The van der Waals surface area contributed by atoms with E-state index in [4.69, 9.17) is 15.4 Å². The van der Waals surface area contributed by atoms with E-state index in [1.165, 1.54) is 6.08 Å². The Morgan fingerprint density at radius 1 is 1.50 bits per heavy atom. The molecule has 0 saturated carbocycles. The molecular weight excluding hydrogens is 214 g/mol. The zero-order valence-electron chi connectivity index (χ0n) is 9.10. The SMILES string of the molecule is C=CCO[C@H](C)[C@@H](O)C(O)[C@H](CO)N=[N+]=[N-]. The highest BCUT2D eigenvalue weighted by molar-refractivity contribution is 4.85. The van der Waals surface area contributed by atoms with E-state index in [0.29, 0.717) is 0 Å². The van der Waals surface area contributed by atoms with Gasteiger partial charge in [0.1, 0.15) is 6.10 Å². The second-order valence-corrected chi connectivity index (χ2v) is 3.26. The van der Waals surface area contributed by atoms with E-state index in [9.17, 15) is 10.2 Å². The molecule has 1 unspecified atom stereocenters. The fourth-order valence-electron chi connectivity index (χ4n) is 1.10. The molecule has 0 aromatic heterocycles. The van der Waals surface area contributed by atoms with Gasteiger partial charge in [0.05, 0.1) is 31.5 Å². The molecule has 0 aromatic carbocycles. The Bertz CT molecular complexity index is 255. The first-order chi connectivity index (χ1) is 7.58. The number of hydrogen-bond donors (Lipinski definition) is 3. The summed E-state index contributed by atoms with van der Waals surface area (Å²) in [5.41, 5.74) is 8.19. The second kappa shape index (κ2) is 8.09. The van der Waals surface area contributed by atoms with Gasteiger partial charge in [0, 0.05) is 4.91 Å². The van der Waals surface area contributed by atoms with Gasteiger partial charge in [-0.05, 0) is 12.5 Å². The van der Waals surface area contributed by atoms with Crippen LogP contribution < -0.4 is 0 Å². The van der Waals surface area contributed by atoms with Crippen LogP contribution in [0.3, 0.4) is 0 Å². The Balaban J connectivity index is 4.38. The van der Waals surface area contributed by atoms with Crippen LogP contribution in [0.5, 0.6) is 0 Å². The van der Waals surface area contributed by atoms with E-state index >= 15 is 0 Å². The summed E-state index contributed by atoms with van der Waals surface area (Å²) in [6.45, 7) is 4.69. The van der Waals surface area contributed by atoms with Gasteiger partial charge >= 0.3 is 0 Å². The van der Waals surface area contributed by atoms with Crippen molar-refractivity contribution in [2.45, 2.75) is 31.3 Å². The van der Waals surface area contributed by atoms with Crippen LogP contribution in [0.25, 0.3) is 10.4 Å². The third-order valence-electron chi connectivity index (χ3n) is 2.09. The maximum atomic E-state index is 9.64. The predicted octanol–water partition coefficient (Wildman–Crippen LogP) is -0.0295. The molecule has 0 rings (SSSR count). The lowest BCUT2D eigenvalue weighted by Crippen LogP contribution is -2.44. The van der Waals surface area contributed by atoms with Crippen LogP contribution in [-0.2, 0) is 4.74 Å². The molecule has 0 heterocycles.